The van der Waals surface area contributed by atoms with E-state index in [1.165, 1.54) is 19.2 Å². The number of aliphatic hydroxyl groups is 2. The van der Waals surface area contributed by atoms with Crippen molar-refractivity contribution in [2.75, 3.05) is 13.7 Å². The average Bonchev–Trinajstić information content (AvgIpc) is 2.28. The highest BCUT2D eigenvalue weighted by atomic mass is 19.1. The predicted molar refractivity (Wildman–Crippen MR) is 65.4 cm³/mol. The second-order valence-electron chi connectivity index (χ2n) is 4.23. The molecule has 5 heteroatoms. The van der Waals surface area contributed by atoms with Gasteiger partial charge in [0, 0.05) is 13.0 Å². The molecule has 0 saturated carbocycles. The minimum Gasteiger partial charge on any atom is -0.490 e. The monoisotopic (exact) mass is 258 g/mol. The molecule has 0 spiro atoms. The van der Waals surface area contributed by atoms with Gasteiger partial charge < -0.3 is 19.7 Å². The topological polar surface area (TPSA) is 58.9 Å². The number of hydrogen-bond donors (Lipinski definition) is 2. The first kappa shape index (κ1) is 14.7. The highest BCUT2D eigenvalue weighted by molar-refractivity contribution is 5.45. The second-order valence-corrected chi connectivity index (χ2v) is 4.23. The molecule has 4 nitrogen and oxygen atoms in total. The summed E-state index contributed by atoms with van der Waals surface area (Å²) in [7, 11) is 1.36. The molecule has 0 bridgehead atoms. The number of ether oxygens (including phenoxy) is 2. The van der Waals surface area contributed by atoms with E-state index in [4.69, 9.17) is 14.6 Å². The van der Waals surface area contributed by atoms with Crippen LogP contribution in [0.1, 0.15) is 31.9 Å². The number of benzene rings is 1. The van der Waals surface area contributed by atoms with Gasteiger partial charge in [0.2, 0.25) is 0 Å². The summed E-state index contributed by atoms with van der Waals surface area (Å²) in [5.41, 5.74) is 0.359. The molecule has 2 N–H and O–H groups in total. The molecule has 1 aromatic rings. The third-order valence-electron chi connectivity index (χ3n) is 2.39. The lowest BCUT2D eigenvalue weighted by molar-refractivity contribution is 0.133. The fourth-order valence-electron chi connectivity index (χ4n) is 1.61. The summed E-state index contributed by atoms with van der Waals surface area (Å²) in [4.78, 5) is 0. The summed E-state index contributed by atoms with van der Waals surface area (Å²) in [6.45, 7) is 3.46. The van der Waals surface area contributed by atoms with Crippen LogP contribution in [0, 0.1) is 5.82 Å². The molecule has 0 amide bonds. The van der Waals surface area contributed by atoms with Crippen LogP contribution in [0.3, 0.4) is 0 Å². The van der Waals surface area contributed by atoms with Gasteiger partial charge >= 0.3 is 0 Å². The van der Waals surface area contributed by atoms with E-state index in [1.807, 2.05) is 13.8 Å². The number of hydrogen-bond acceptors (Lipinski definition) is 4. The molecule has 1 aromatic carbocycles. The van der Waals surface area contributed by atoms with Crippen molar-refractivity contribution in [3.8, 4) is 11.5 Å². The van der Waals surface area contributed by atoms with Crippen LogP contribution in [0.4, 0.5) is 4.39 Å². The van der Waals surface area contributed by atoms with E-state index >= 15 is 0 Å². The standard InChI is InChI=1S/C13H19FO4/c1-8(2)18-12-7-9(11(16)4-5-15)6-10(14)13(12)17-3/h6-8,11,15-16H,4-5H2,1-3H3. The van der Waals surface area contributed by atoms with Crippen molar-refractivity contribution in [1.82, 2.24) is 0 Å². The zero-order valence-electron chi connectivity index (χ0n) is 10.8. The summed E-state index contributed by atoms with van der Waals surface area (Å²) in [5.74, 6) is -0.328. The Labute approximate surface area is 106 Å². The molecule has 0 aliphatic heterocycles. The van der Waals surface area contributed by atoms with E-state index in [1.54, 1.807) is 0 Å². The first-order valence-corrected chi connectivity index (χ1v) is 5.82. The van der Waals surface area contributed by atoms with E-state index in [-0.39, 0.29) is 30.6 Å². The van der Waals surface area contributed by atoms with Crippen molar-refractivity contribution in [3.05, 3.63) is 23.5 Å². The minimum atomic E-state index is -0.926. The number of rotatable bonds is 6. The lowest BCUT2D eigenvalue weighted by atomic mass is 10.1. The third-order valence-corrected chi connectivity index (χ3v) is 2.39. The van der Waals surface area contributed by atoms with Crippen LogP contribution in [-0.2, 0) is 0 Å². The van der Waals surface area contributed by atoms with Gasteiger partial charge in [0.25, 0.3) is 0 Å². The van der Waals surface area contributed by atoms with Crippen LogP contribution in [0.2, 0.25) is 0 Å². The summed E-state index contributed by atoms with van der Waals surface area (Å²) in [6, 6.07) is 2.72. The van der Waals surface area contributed by atoms with Crippen molar-refractivity contribution in [1.29, 1.82) is 0 Å². The summed E-state index contributed by atoms with van der Waals surface area (Å²) in [5, 5.41) is 18.5. The zero-order valence-corrected chi connectivity index (χ0v) is 10.8. The Bertz CT molecular complexity index is 393. The van der Waals surface area contributed by atoms with E-state index < -0.39 is 11.9 Å². The summed E-state index contributed by atoms with van der Waals surface area (Å²) >= 11 is 0. The lowest BCUT2D eigenvalue weighted by Crippen LogP contribution is -2.09. The number of methoxy groups -OCH3 is 1. The van der Waals surface area contributed by atoms with Crippen LogP contribution in [-0.4, -0.2) is 30.0 Å². The highest BCUT2D eigenvalue weighted by Crippen LogP contribution is 2.34. The van der Waals surface area contributed by atoms with Gasteiger partial charge in [-0.3, -0.25) is 0 Å². The molecule has 0 saturated heterocycles. The second kappa shape index (κ2) is 6.56. The molecule has 102 valence electrons. The van der Waals surface area contributed by atoms with E-state index in [9.17, 15) is 9.50 Å². The Morgan fingerprint density at radius 2 is 2.00 bits per heavy atom. The first-order chi connectivity index (χ1) is 8.49. The number of halogens is 1. The maximum absolute atomic E-state index is 13.8. The molecule has 0 radical (unpaired) electrons. The molecule has 0 aliphatic carbocycles. The maximum Gasteiger partial charge on any atom is 0.196 e. The van der Waals surface area contributed by atoms with Crippen LogP contribution >= 0.6 is 0 Å². The average molecular weight is 258 g/mol. The predicted octanol–water partition coefficient (Wildman–Crippen LogP) is 2.04. The highest BCUT2D eigenvalue weighted by Gasteiger charge is 2.17. The fourth-order valence-corrected chi connectivity index (χ4v) is 1.61. The fraction of sp³-hybridized carbons (Fsp3) is 0.538. The zero-order chi connectivity index (χ0) is 13.7. The van der Waals surface area contributed by atoms with Gasteiger partial charge in [0.05, 0.1) is 19.3 Å². The van der Waals surface area contributed by atoms with Crippen molar-refractivity contribution in [2.24, 2.45) is 0 Å². The van der Waals surface area contributed by atoms with Gasteiger partial charge in [0.15, 0.2) is 17.3 Å². The smallest absolute Gasteiger partial charge is 0.196 e. The Hall–Kier alpha value is -1.33. The van der Waals surface area contributed by atoms with Gasteiger partial charge in [-0.05, 0) is 31.5 Å². The lowest BCUT2D eigenvalue weighted by Gasteiger charge is -2.17. The Balaban J connectivity index is 3.12. The normalized spacial score (nSPS) is 12.6. The van der Waals surface area contributed by atoms with E-state index in [0.717, 1.165) is 0 Å². The Morgan fingerprint density at radius 3 is 2.50 bits per heavy atom. The van der Waals surface area contributed by atoms with Crippen LogP contribution in [0.25, 0.3) is 0 Å². The van der Waals surface area contributed by atoms with Gasteiger partial charge in [-0.1, -0.05) is 0 Å². The molecule has 0 aliphatic rings. The van der Waals surface area contributed by atoms with Crippen molar-refractivity contribution in [3.63, 3.8) is 0 Å². The van der Waals surface area contributed by atoms with Crippen LogP contribution in [0.5, 0.6) is 11.5 Å². The van der Waals surface area contributed by atoms with Gasteiger partial charge in [-0.15, -0.1) is 0 Å². The molecule has 1 atom stereocenters. The number of aliphatic hydroxyl groups excluding tert-OH is 2. The molecular formula is C13H19FO4. The molecule has 1 unspecified atom stereocenters. The van der Waals surface area contributed by atoms with Gasteiger partial charge in [-0.2, -0.15) is 0 Å². The van der Waals surface area contributed by atoms with Crippen molar-refractivity contribution >= 4 is 0 Å². The summed E-state index contributed by atoms with van der Waals surface area (Å²) < 4.78 is 24.2. The quantitative estimate of drug-likeness (QED) is 0.819. The molecule has 0 heterocycles. The Kier molecular flexibility index (Phi) is 5.37. The van der Waals surface area contributed by atoms with E-state index in [0.29, 0.717) is 5.56 Å². The van der Waals surface area contributed by atoms with Crippen molar-refractivity contribution < 1.29 is 24.1 Å². The molecular weight excluding hydrogens is 239 g/mol. The van der Waals surface area contributed by atoms with E-state index in [2.05, 4.69) is 0 Å². The van der Waals surface area contributed by atoms with Crippen LogP contribution < -0.4 is 9.47 Å². The van der Waals surface area contributed by atoms with Crippen molar-refractivity contribution in [2.45, 2.75) is 32.5 Å². The third kappa shape index (κ3) is 3.58. The molecule has 0 aromatic heterocycles. The molecule has 1 rings (SSSR count). The Morgan fingerprint density at radius 1 is 1.33 bits per heavy atom. The van der Waals surface area contributed by atoms with Crippen LogP contribution in [0.15, 0.2) is 12.1 Å². The molecule has 0 fully saturated rings. The minimum absolute atomic E-state index is 0.0173. The first-order valence-electron chi connectivity index (χ1n) is 5.82. The SMILES string of the molecule is COc1c(F)cc(C(O)CCO)cc1OC(C)C. The summed E-state index contributed by atoms with van der Waals surface area (Å²) in [6.07, 6.45) is -0.916. The maximum atomic E-state index is 13.8. The van der Waals surface area contributed by atoms with Gasteiger partial charge in [-0.25, -0.2) is 4.39 Å². The largest absolute Gasteiger partial charge is 0.490 e. The van der Waals surface area contributed by atoms with Gasteiger partial charge in [0.1, 0.15) is 0 Å². The molecule has 18 heavy (non-hydrogen) atoms.